The van der Waals surface area contributed by atoms with Crippen LogP contribution in [0.25, 0.3) is 0 Å². The van der Waals surface area contributed by atoms with Gasteiger partial charge in [-0.25, -0.2) is 0 Å². The Hall–Kier alpha value is -3.91. The highest BCUT2D eigenvalue weighted by molar-refractivity contribution is 5.59. The second-order valence-electron chi connectivity index (χ2n) is 6.57. The number of hydrogen-bond acceptors (Lipinski definition) is 5. The van der Waals surface area contributed by atoms with Gasteiger partial charge < -0.3 is 20.9 Å². The molecule has 1 aliphatic heterocycles. The number of fused-ring (bicyclic) bond motifs is 1. The van der Waals surface area contributed by atoms with Gasteiger partial charge in [0.1, 0.15) is 29.7 Å². The minimum Gasteiger partial charge on any atom is -0.489 e. The highest BCUT2D eigenvalue weighted by Gasteiger charge is 2.30. The van der Waals surface area contributed by atoms with Crippen molar-refractivity contribution in [2.45, 2.75) is 12.5 Å². The minimum atomic E-state index is -0.308. The molecule has 5 nitrogen and oxygen atoms in total. The third-order valence-electron chi connectivity index (χ3n) is 4.70. The summed E-state index contributed by atoms with van der Waals surface area (Å²) >= 11 is 0. The van der Waals surface area contributed by atoms with Crippen molar-refractivity contribution >= 4 is 5.69 Å². The minimum absolute atomic E-state index is 0.106. The topological polar surface area (TPSA) is 94.3 Å². The van der Waals surface area contributed by atoms with E-state index < -0.39 is 0 Å². The van der Waals surface area contributed by atoms with Crippen LogP contribution in [0.4, 0.5) is 5.69 Å². The number of nitrogens with two attached hydrogens (primary N) is 2. The molecular weight excluding hydrogens is 350 g/mol. The van der Waals surface area contributed by atoms with Gasteiger partial charge in [0.05, 0.1) is 5.92 Å². The Morgan fingerprint density at radius 3 is 2.43 bits per heavy atom. The molecule has 0 saturated heterocycles. The number of hydrogen-bond donors (Lipinski definition) is 2. The summed E-state index contributed by atoms with van der Waals surface area (Å²) in [4.78, 5) is 0. The molecule has 1 aliphatic rings. The Morgan fingerprint density at radius 1 is 0.964 bits per heavy atom. The van der Waals surface area contributed by atoms with Crippen LogP contribution in [0.15, 0.2) is 84.3 Å². The number of allylic oxidation sites excluding steroid dienone is 1. The molecule has 1 atom stereocenters. The molecule has 4 N–H and O–H groups in total. The molecular formula is C23H19N3O2. The molecule has 3 aromatic rings. The monoisotopic (exact) mass is 369 g/mol. The highest BCUT2D eigenvalue weighted by Crippen LogP contribution is 2.42. The van der Waals surface area contributed by atoms with Gasteiger partial charge in [0, 0.05) is 17.3 Å². The first-order chi connectivity index (χ1) is 13.7. The molecule has 0 aromatic heterocycles. The van der Waals surface area contributed by atoms with Crippen molar-refractivity contribution in [1.82, 2.24) is 0 Å². The van der Waals surface area contributed by atoms with Crippen molar-refractivity contribution in [3.8, 4) is 17.6 Å². The van der Waals surface area contributed by atoms with E-state index in [9.17, 15) is 5.26 Å². The van der Waals surface area contributed by atoms with Crippen LogP contribution in [0.2, 0.25) is 0 Å². The van der Waals surface area contributed by atoms with Crippen LogP contribution in [0.5, 0.6) is 11.5 Å². The lowest BCUT2D eigenvalue weighted by atomic mass is 9.83. The second-order valence-corrected chi connectivity index (χ2v) is 6.57. The predicted octanol–water partition coefficient (Wildman–Crippen LogP) is 4.07. The summed E-state index contributed by atoms with van der Waals surface area (Å²) < 4.78 is 11.5. The maximum atomic E-state index is 9.62. The summed E-state index contributed by atoms with van der Waals surface area (Å²) in [6.07, 6.45) is 0. The lowest BCUT2D eigenvalue weighted by Gasteiger charge is -2.26. The molecule has 28 heavy (non-hydrogen) atoms. The van der Waals surface area contributed by atoms with E-state index in [0.29, 0.717) is 23.6 Å². The number of ether oxygens (including phenoxy) is 2. The van der Waals surface area contributed by atoms with Gasteiger partial charge in [0.25, 0.3) is 0 Å². The molecule has 138 valence electrons. The Labute approximate surface area is 163 Å². The summed E-state index contributed by atoms with van der Waals surface area (Å²) in [5.41, 5.74) is 15.7. The van der Waals surface area contributed by atoms with Crippen molar-refractivity contribution in [3.05, 3.63) is 101 Å². The lowest BCUT2D eigenvalue weighted by molar-refractivity contribution is 0.306. The third kappa shape index (κ3) is 3.36. The Morgan fingerprint density at radius 2 is 1.71 bits per heavy atom. The molecule has 0 saturated carbocycles. The smallest absolute Gasteiger partial charge is 0.205 e. The Bertz CT molecular complexity index is 1070. The predicted molar refractivity (Wildman–Crippen MR) is 107 cm³/mol. The summed E-state index contributed by atoms with van der Waals surface area (Å²) in [6.45, 7) is 0.496. The number of benzene rings is 3. The first-order valence-corrected chi connectivity index (χ1v) is 8.89. The molecule has 1 heterocycles. The fourth-order valence-corrected chi connectivity index (χ4v) is 3.31. The normalized spacial score (nSPS) is 15.3. The largest absolute Gasteiger partial charge is 0.489 e. The summed E-state index contributed by atoms with van der Waals surface area (Å²) in [5.74, 6) is 1.13. The lowest BCUT2D eigenvalue weighted by Crippen LogP contribution is -2.21. The molecule has 0 bridgehead atoms. The fraction of sp³-hybridized carbons (Fsp3) is 0.0870. The number of anilines is 1. The average Bonchev–Trinajstić information content (AvgIpc) is 2.72. The van der Waals surface area contributed by atoms with Crippen molar-refractivity contribution in [2.24, 2.45) is 5.73 Å². The van der Waals surface area contributed by atoms with Gasteiger partial charge in [-0.05, 0) is 29.3 Å². The number of nitrogen functional groups attached to an aromatic ring is 1. The van der Waals surface area contributed by atoms with Crippen LogP contribution in [0, 0.1) is 11.3 Å². The van der Waals surface area contributed by atoms with Crippen LogP contribution in [0.3, 0.4) is 0 Å². The molecule has 0 radical (unpaired) electrons. The van der Waals surface area contributed by atoms with Crippen LogP contribution in [-0.4, -0.2) is 0 Å². The summed E-state index contributed by atoms with van der Waals surface area (Å²) in [5, 5.41) is 9.62. The van der Waals surface area contributed by atoms with Crippen molar-refractivity contribution in [1.29, 1.82) is 5.26 Å². The quantitative estimate of drug-likeness (QED) is 0.676. The van der Waals surface area contributed by atoms with Gasteiger partial charge in [-0.1, -0.05) is 48.5 Å². The van der Waals surface area contributed by atoms with Gasteiger partial charge in [-0.3, -0.25) is 0 Å². The van der Waals surface area contributed by atoms with E-state index in [1.807, 2.05) is 60.7 Å². The number of rotatable bonds is 4. The first-order valence-electron chi connectivity index (χ1n) is 8.89. The number of nitrogens with zero attached hydrogens (tertiary/aromatic N) is 1. The van der Waals surface area contributed by atoms with Gasteiger partial charge >= 0.3 is 0 Å². The van der Waals surface area contributed by atoms with Crippen LogP contribution >= 0.6 is 0 Å². The van der Waals surface area contributed by atoms with Crippen molar-refractivity contribution < 1.29 is 9.47 Å². The Balaban J connectivity index is 1.62. The highest BCUT2D eigenvalue weighted by atomic mass is 16.5. The molecule has 3 aromatic carbocycles. The zero-order valence-corrected chi connectivity index (χ0v) is 15.1. The van der Waals surface area contributed by atoms with Gasteiger partial charge in [-0.2, -0.15) is 5.26 Å². The zero-order chi connectivity index (χ0) is 19.5. The first kappa shape index (κ1) is 17.5. The van der Waals surface area contributed by atoms with Crippen molar-refractivity contribution in [2.75, 3.05) is 5.73 Å². The van der Waals surface area contributed by atoms with E-state index in [4.69, 9.17) is 20.9 Å². The molecule has 5 heteroatoms. The zero-order valence-electron chi connectivity index (χ0n) is 15.1. The maximum Gasteiger partial charge on any atom is 0.205 e. The van der Waals surface area contributed by atoms with Crippen LogP contribution in [0.1, 0.15) is 22.6 Å². The van der Waals surface area contributed by atoms with Gasteiger partial charge in [0.2, 0.25) is 5.88 Å². The average molecular weight is 369 g/mol. The molecule has 0 unspecified atom stereocenters. The van der Waals surface area contributed by atoms with Gasteiger partial charge in [-0.15, -0.1) is 0 Å². The molecule has 4 rings (SSSR count). The molecule has 0 amide bonds. The van der Waals surface area contributed by atoms with Crippen LogP contribution < -0.4 is 20.9 Å². The molecule has 0 fully saturated rings. The third-order valence-corrected chi connectivity index (χ3v) is 4.70. The van der Waals surface area contributed by atoms with Crippen LogP contribution in [-0.2, 0) is 6.61 Å². The molecule has 0 spiro atoms. The van der Waals surface area contributed by atoms with E-state index in [-0.39, 0.29) is 11.8 Å². The van der Waals surface area contributed by atoms with E-state index in [0.717, 1.165) is 22.4 Å². The summed E-state index contributed by atoms with van der Waals surface area (Å²) in [7, 11) is 0. The summed E-state index contributed by atoms with van der Waals surface area (Å²) in [6, 6.07) is 25.2. The second kappa shape index (κ2) is 7.37. The van der Waals surface area contributed by atoms with E-state index >= 15 is 0 Å². The Kier molecular flexibility index (Phi) is 4.61. The van der Waals surface area contributed by atoms with Gasteiger partial charge in [0.15, 0.2) is 0 Å². The van der Waals surface area contributed by atoms with E-state index in [1.54, 1.807) is 12.1 Å². The SMILES string of the molecule is N#CC1=C(N)Oc2cc(N)ccc2[C@@H]1c1ccc(OCc2ccccc2)cc1. The van der Waals surface area contributed by atoms with E-state index in [1.165, 1.54) is 0 Å². The molecule has 0 aliphatic carbocycles. The standard InChI is InChI=1S/C23H19N3O2/c24-13-20-22(19-11-8-17(25)12-21(19)28-23(20)26)16-6-9-18(10-7-16)27-14-15-4-2-1-3-5-15/h1-12,22H,14,25-26H2/t22-/m0/s1. The fourth-order valence-electron chi connectivity index (χ4n) is 3.31. The number of nitriles is 1. The maximum absolute atomic E-state index is 9.62. The van der Waals surface area contributed by atoms with Crippen molar-refractivity contribution in [3.63, 3.8) is 0 Å². The van der Waals surface area contributed by atoms with E-state index in [2.05, 4.69) is 6.07 Å².